The lowest BCUT2D eigenvalue weighted by atomic mass is 9.81. The topological polar surface area (TPSA) is 31.6 Å². The van der Waals surface area contributed by atoms with E-state index in [1.54, 1.807) is 12.3 Å². The van der Waals surface area contributed by atoms with Gasteiger partial charge in [0.05, 0.1) is 17.5 Å². The van der Waals surface area contributed by atoms with E-state index in [0.717, 1.165) is 5.46 Å². The van der Waals surface area contributed by atoms with Crippen LogP contribution in [0.5, 0.6) is 0 Å². The van der Waals surface area contributed by atoms with Gasteiger partial charge in [-0.3, -0.25) is 0 Å². The zero-order chi connectivity index (χ0) is 11.3. The highest BCUT2D eigenvalue weighted by Crippen LogP contribution is 2.36. The van der Waals surface area contributed by atoms with Gasteiger partial charge in [0.1, 0.15) is 0 Å². The first kappa shape index (κ1) is 11.1. The van der Waals surface area contributed by atoms with E-state index in [0.29, 0.717) is 5.22 Å². The summed E-state index contributed by atoms with van der Waals surface area (Å²) in [7, 11) is -0.397. The minimum absolute atomic E-state index is 0.332. The Balaban J connectivity index is 2.23. The lowest BCUT2D eigenvalue weighted by Crippen LogP contribution is -2.41. The van der Waals surface area contributed by atoms with Crippen LogP contribution < -0.4 is 5.46 Å². The molecule has 0 radical (unpaired) electrons. The Bertz CT molecular complexity index is 356. The zero-order valence-electron chi connectivity index (χ0n) is 9.33. The molecule has 82 valence electrons. The molecule has 1 fully saturated rings. The minimum atomic E-state index is -0.397. The van der Waals surface area contributed by atoms with Crippen LogP contribution in [-0.4, -0.2) is 18.3 Å². The minimum Gasteiger partial charge on any atom is -0.453 e. The van der Waals surface area contributed by atoms with Crippen molar-refractivity contribution in [1.82, 2.24) is 0 Å². The van der Waals surface area contributed by atoms with Crippen LogP contribution in [0.2, 0.25) is 5.22 Å². The van der Waals surface area contributed by atoms with Gasteiger partial charge < -0.3 is 13.7 Å². The summed E-state index contributed by atoms with van der Waals surface area (Å²) in [6.07, 6.45) is 1.56. The molecular weight excluding hydrogens is 214 g/mol. The molecule has 1 aliphatic rings. The average molecular weight is 228 g/mol. The van der Waals surface area contributed by atoms with E-state index < -0.39 is 7.12 Å². The Morgan fingerprint density at radius 2 is 1.67 bits per heavy atom. The van der Waals surface area contributed by atoms with E-state index in [4.69, 9.17) is 25.3 Å². The third-order valence-corrected chi connectivity index (χ3v) is 3.31. The van der Waals surface area contributed by atoms with Crippen LogP contribution in [0.4, 0.5) is 0 Å². The Labute approximate surface area is 94.8 Å². The van der Waals surface area contributed by atoms with Gasteiger partial charge in [-0.05, 0) is 45.4 Å². The third kappa shape index (κ3) is 1.82. The maximum absolute atomic E-state index is 5.82. The second kappa shape index (κ2) is 3.27. The molecule has 3 nitrogen and oxygen atoms in total. The summed E-state index contributed by atoms with van der Waals surface area (Å²) in [6, 6.07) is 1.71. The lowest BCUT2D eigenvalue weighted by Gasteiger charge is -2.32. The van der Waals surface area contributed by atoms with Gasteiger partial charge in [0, 0.05) is 5.46 Å². The summed E-state index contributed by atoms with van der Waals surface area (Å²) in [5.74, 6) is 0. The Morgan fingerprint density at radius 1 is 1.13 bits per heavy atom. The van der Waals surface area contributed by atoms with Crippen molar-refractivity contribution < 1.29 is 13.7 Å². The summed E-state index contributed by atoms with van der Waals surface area (Å²) < 4.78 is 16.7. The van der Waals surface area contributed by atoms with Gasteiger partial charge in [0.25, 0.3) is 0 Å². The van der Waals surface area contributed by atoms with Gasteiger partial charge in [-0.25, -0.2) is 0 Å². The number of rotatable bonds is 1. The Hall–Kier alpha value is -0.445. The maximum atomic E-state index is 5.82. The first-order chi connectivity index (χ1) is 6.82. The molecule has 5 heteroatoms. The largest absolute Gasteiger partial charge is 0.498 e. The molecular formula is C10H14BClO3. The molecule has 0 bridgehead atoms. The maximum Gasteiger partial charge on any atom is 0.498 e. The zero-order valence-corrected chi connectivity index (χ0v) is 10.1. The highest BCUT2D eigenvalue weighted by molar-refractivity contribution is 6.62. The second-order valence-electron chi connectivity index (χ2n) is 4.77. The molecule has 0 spiro atoms. The van der Waals surface area contributed by atoms with E-state index >= 15 is 0 Å². The molecule has 1 aliphatic heterocycles. The van der Waals surface area contributed by atoms with Crippen molar-refractivity contribution >= 4 is 24.2 Å². The molecule has 0 N–H and O–H groups in total. The van der Waals surface area contributed by atoms with Crippen molar-refractivity contribution in [3.8, 4) is 0 Å². The van der Waals surface area contributed by atoms with Crippen molar-refractivity contribution in [2.24, 2.45) is 0 Å². The molecule has 0 aliphatic carbocycles. The SMILES string of the molecule is CC1(C)OB(c2coc(Cl)c2)OC1(C)C. The van der Waals surface area contributed by atoms with E-state index in [1.807, 2.05) is 27.7 Å². The number of hydrogen-bond donors (Lipinski definition) is 0. The average Bonchev–Trinajstić information content (AvgIpc) is 2.56. The van der Waals surface area contributed by atoms with Crippen LogP contribution in [0, 0.1) is 0 Å². The van der Waals surface area contributed by atoms with Gasteiger partial charge in [-0.2, -0.15) is 0 Å². The molecule has 1 saturated heterocycles. The smallest absolute Gasteiger partial charge is 0.453 e. The molecule has 0 saturated carbocycles. The van der Waals surface area contributed by atoms with E-state index in [2.05, 4.69) is 0 Å². The van der Waals surface area contributed by atoms with Crippen molar-refractivity contribution in [3.63, 3.8) is 0 Å². The fraction of sp³-hybridized carbons (Fsp3) is 0.600. The fourth-order valence-electron chi connectivity index (χ4n) is 1.43. The molecule has 0 amide bonds. The highest BCUT2D eigenvalue weighted by Gasteiger charge is 2.52. The van der Waals surface area contributed by atoms with Gasteiger partial charge in [0.2, 0.25) is 0 Å². The van der Waals surface area contributed by atoms with E-state index in [9.17, 15) is 0 Å². The monoisotopic (exact) mass is 228 g/mol. The molecule has 1 aromatic heterocycles. The molecule has 0 aromatic carbocycles. The lowest BCUT2D eigenvalue weighted by molar-refractivity contribution is 0.00578. The Kier molecular flexibility index (Phi) is 2.41. The van der Waals surface area contributed by atoms with Gasteiger partial charge in [0.15, 0.2) is 5.22 Å². The predicted octanol–water partition coefficient (Wildman–Crippen LogP) is 2.23. The quantitative estimate of drug-likeness (QED) is 0.691. The summed E-state index contributed by atoms with van der Waals surface area (Å²) in [5, 5.41) is 0.347. The highest BCUT2D eigenvalue weighted by atomic mass is 35.5. The second-order valence-corrected chi connectivity index (χ2v) is 5.14. The number of furan rings is 1. The standard InChI is InChI=1S/C10H14BClO3/c1-9(2)10(3,4)15-11(14-9)7-5-8(12)13-6-7/h5-6H,1-4H3. The number of halogens is 1. The van der Waals surface area contributed by atoms with Crippen LogP contribution in [0.1, 0.15) is 27.7 Å². The van der Waals surface area contributed by atoms with Crippen molar-refractivity contribution in [1.29, 1.82) is 0 Å². The number of hydrogen-bond acceptors (Lipinski definition) is 3. The predicted molar refractivity (Wildman–Crippen MR) is 59.4 cm³/mol. The van der Waals surface area contributed by atoms with Crippen LogP contribution in [0.15, 0.2) is 16.7 Å². The summed E-state index contributed by atoms with van der Waals surface area (Å²) >= 11 is 5.70. The van der Waals surface area contributed by atoms with Gasteiger partial charge in [-0.1, -0.05) is 0 Å². The molecule has 0 unspecified atom stereocenters. The summed E-state index contributed by atoms with van der Waals surface area (Å²) in [5.41, 5.74) is 0.154. The van der Waals surface area contributed by atoms with Crippen LogP contribution in [-0.2, 0) is 9.31 Å². The van der Waals surface area contributed by atoms with Gasteiger partial charge >= 0.3 is 7.12 Å². The summed E-state index contributed by atoms with van der Waals surface area (Å²) in [6.45, 7) is 8.03. The van der Waals surface area contributed by atoms with Crippen molar-refractivity contribution in [2.45, 2.75) is 38.9 Å². The van der Waals surface area contributed by atoms with Crippen LogP contribution in [0.3, 0.4) is 0 Å². The van der Waals surface area contributed by atoms with Gasteiger partial charge in [-0.15, -0.1) is 0 Å². The fourth-order valence-corrected chi connectivity index (χ4v) is 1.60. The molecule has 15 heavy (non-hydrogen) atoms. The molecule has 1 aromatic rings. The molecule has 0 atom stereocenters. The Morgan fingerprint density at radius 3 is 2.07 bits per heavy atom. The molecule has 2 rings (SSSR count). The van der Waals surface area contributed by atoms with Crippen LogP contribution >= 0.6 is 11.6 Å². The first-order valence-corrected chi connectivity index (χ1v) is 5.29. The van der Waals surface area contributed by atoms with E-state index in [1.165, 1.54) is 0 Å². The van der Waals surface area contributed by atoms with Crippen molar-refractivity contribution in [2.75, 3.05) is 0 Å². The third-order valence-electron chi connectivity index (χ3n) is 3.11. The molecule has 2 heterocycles. The van der Waals surface area contributed by atoms with E-state index in [-0.39, 0.29) is 11.2 Å². The van der Waals surface area contributed by atoms with Crippen molar-refractivity contribution in [3.05, 3.63) is 17.5 Å². The summed E-state index contributed by atoms with van der Waals surface area (Å²) in [4.78, 5) is 0. The normalized spacial score (nSPS) is 23.4. The first-order valence-electron chi connectivity index (χ1n) is 4.91. The van der Waals surface area contributed by atoms with Crippen LogP contribution in [0.25, 0.3) is 0 Å².